The Morgan fingerprint density at radius 2 is 1.94 bits per heavy atom. The Bertz CT molecular complexity index is 1200. The molecular weight excluding hydrogens is 388 g/mol. The smallest absolute Gasteiger partial charge is 0.150 e. The molecule has 0 amide bonds. The fourth-order valence-electron chi connectivity index (χ4n) is 4.03. The van der Waals surface area contributed by atoms with Gasteiger partial charge in [-0.25, -0.2) is 9.97 Å². The van der Waals surface area contributed by atoms with Crippen LogP contribution in [0.4, 0.5) is 5.82 Å². The third-order valence-electron chi connectivity index (χ3n) is 5.63. The summed E-state index contributed by atoms with van der Waals surface area (Å²) in [6.07, 6.45) is 4.37. The van der Waals surface area contributed by atoms with E-state index in [4.69, 9.17) is 4.74 Å². The fraction of sp³-hybridized carbons (Fsp3) is 0.240. The minimum absolute atomic E-state index is 0.266. The summed E-state index contributed by atoms with van der Waals surface area (Å²) in [6, 6.07) is 17.8. The van der Waals surface area contributed by atoms with Crippen molar-refractivity contribution in [3.05, 3.63) is 72.1 Å². The molecule has 0 saturated heterocycles. The standard InChI is InChI=1S/C25H26N4O2/c1-4-12-25(2,18-8-6-5-7-9-18)29-24-20-14-21(28-23(20)26-16-27-24)19-11-10-17(15-30)13-22(19)31-3/h5-11,13-16H,4,12H2,1-3H3,(H2,26,27,28,29)/t25-/m1/s1. The first-order valence-electron chi connectivity index (χ1n) is 10.4. The number of hydrogen-bond acceptors (Lipinski definition) is 5. The van der Waals surface area contributed by atoms with Crippen molar-refractivity contribution in [3.63, 3.8) is 0 Å². The summed E-state index contributed by atoms with van der Waals surface area (Å²) in [7, 11) is 1.60. The third kappa shape index (κ3) is 4.01. The summed E-state index contributed by atoms with van der Waals surface area (Å²) >= 11 is 0. The van der Waals surface area contributed by atoms with E-state index in [2.05, 4.69) is 58.4 Å². The van der Waals surface area contributed by atoms with Crippen molar-refractivity contribution in [1.82, 2.24) is 15.0 Å². The molecule has 1 atom stereocenters. The Labute approximate surface area is 181 Å². The number of anilines is 1. The van der Waals surface area contributed by atoms with Crippen LogP contribution in [0, 0.1) is 0 Å². The van der Waals surface area contributed by atoms with Crippen LogP contribution in [-0.2, 0) is 5.54 Å². The number of nitrogens with one attached hydrogen (secondary N) is 2. The van der Waals surface area contributed by atoms with Crippen molar-refractivity contribution in [2.45, 2.75) is 32.2 Å². The van der Waals surface area contributed by atoms with E-state index < -0.39 is 0 Å². The first-order valence-corrected chi connectivity index (χ1v) is 10.4. The number of ether oxygens (including phenoxy) is 1. The molecule has 2 heterocycles. The highest BCUT2D eigenvalue weighted by Gasteiger charge is 2.27. The molecule has 0 fully saturated rings. The number of hydrogen-bond donors (Lipinski definition) is 2. The number of H-pyrrole nitrogens is 1. The number of fused-ring (bicyclic) bond motifs is 1. The molecule has 4 rings (SSSR count). The van der Waals surface area contributed by atoms with Crippen LogP contribution < -0.4 is 10.1 Å². The number of carbonyl (C=O) groups excluding carboxylic acids is 1. The van der Waals surface area contributed by atoms with Gasteiger partial charge >= 0.3 is 0 Å². The molecule has 0 saturated carbocycles. The second kappa shape index (κ2) is 8.60. The minimum Gasteiger partial charge on any atom is -0.496 e. The normalized spacial score (nSPS) is 13.0. The lowest BCUT2D eigenvalue weighted by Gasteiger charge is -2.32. The maximum Gasteiger partial charge on any atom is 0.150 e. The van der Waals surface area contributed by atoms with E-state index in [0.717, 1.165) is 47.2 Å². The number of methoxy groups -OCH3 is 1. The van der Waals surface area contributed by atoms with E-state index in [1.807, 2.05) is 18.2 Å². The van der Waals surface area contributed by atoms with Gasteiger partial charge < -0.3 is 15.0 Å². The second-order valence-electron chi connectivity index (χ2n) is 7.82. The molecule has 6 nitrogen and oxygen atoms in total. The van der Waals surface area contributed by atoms with Crippen molar-refractivity contribution in [2.24, 2.45) is 0 Å². The van der Waals surface area contributed by atoms with Crippen LogP contribution in [0.15, 0.2) is 60.9 Å². The van der Waals surface area contributed by atoms with E-state index in [1.165, 1.54) is 5.56 Å². The number of benzene rings is 2. The SMILES string of the molecule is CCC[C@@](C)(Nc1ncnc2[nH]c(-c3ccc(C=O)cc3OC)cc12)c1ccccc1. The zero-order valence-corrected chi connectivity index (χ0v) is 18.0. The lowest BCUT2D eigenvalue weighted by atomic mass is 9.87. The summed E-state index contributed by atoms with van der Waals surface area (Å²) in [6.45, 7) is 4.39. The van der Waals surface area contributed by atoms with Gasteiger partial charge in [0.05, 0.1) is 23.7 Å². The van der Waals surface area contributed by atoms with Crippen LogP contribution >= 0.6 is 0 Å². The molecule has 2 aromatic heterocycles. The van der Waals surface area contributed by atoms with Gasteiger partial charge in [-0.2, -0.15) is 0 Å². The van der Waals surface area contributed by atoms with E-state index >= 15 is 0 Å². The van der Waals surface area contributed by atoms with Crippen molar-refractivity contribution in [2.75, 3.05) is 12.4 Å². The predicted octanol–water partition coefficient (Wildman–Crippen LogP) is 5.57. The fourth-order valence-corrected chi connectivity index (χ4v) is 4.03. The van der Waals surface area contributed by atoms with Gasteiger partial charge in [0.2, 0.25) is 0 Å². The molecule has 0 unspecified atom stereocenters. The second-order valence-corrected chi connectivity index (χ2v) is 7.82. The number of carbonyl (C=O) groups is 1. The molecule has 2 aromatic carbocycles. The molecule has 0 aliphatic carbocycles. The number of aromatic amines is 1. The summed E-state index contributed by atoms with van der Waals surface area (Å²) in [4.78, 5) is 23.5. The largest absolute Gasteiger partial charge is 0.496 e. The first kappa shape index (κ1) is 20.6. The maximum absolute atomic E-state index is 11.1. The van der Waals surface area contributed by atoms with Gasteiger partial charge in [0.1, 0.15) is 29.8 Å². The number of rotatable bonds is 8. The van der Waals surface area contributed by atoms with E-state index in [9.17, 15) is 4.79 Å². The molecule has 0 aliphatic heterocycles. The number of nitrogens with zero attached hydrogens (tertiary/aromatic N) is 2. The molecule has 0 radical (unpaired) electrons. The van der Waals surface area contributed by atoms with Crippen molar-refractivity contribution in [3.8, 4) is 17.0 Å². The summed E-state index contributed by atoms with van der Waals surface area (Å²) in [5.41, 5.74) is 3.96. The van der Waals surface area contributed by atoms with E-state index in [0.29, 0.717) is 11.3 Å². The monoisotopic (exact) mass is 414 g/mol. The highest BCUT2D eigenvalue weighted by atomic mass is 16.5. The Balaban J connectivity index is 1.77. The van der Waals surface area contributed by atoms with Crippen molar-refractivity contribution in [1.29, 1.82) is 0 Å². The van der Waals surface area contributed by atoms with Crippen molar-refractivity contribution < 1.29 is 9.53 Å². The minimum atomic E-state index is -0.266. The molecule has 2 N–H and O–H groups in total. The molecule has 31 heavy (non-hydrogen) atoms. The Kier molecular flexibility index (Phi) is 5.71. The van der Waals surface area contributed by atoms with Gasteiger partial charge in [0, 0.05) is 11.1 Å². The summed E-state index contributed by atoms with van der Waals surface area (Å²) in [5, 5.41) is 4.58. The van der Waals surface area contributed by atoms with Crippen LogP contribution in [0.5, 0.6) is 5.75 Å². The highest BCUT2D eigenvalue weighted by Crippen LogP contribution is 2.36. The summed E-state index contributed by atoms with van der Waals surface area (Å²) < 4.78 is 5.51. The molecule has 0 spiro atoms. The van der Waals surface area contributed by atoms with Gasteiger partial charge in [0.25, 0.3) is 0 Å². The molecule has 6 heteroatoms. The topological polar surface area (TPSA) is 79.9 Å². The van der Waals surface area contributed by atoms with E-state index in [1.54, 1.807) is 25.6 Å². The van der Waals surface area contributed by atoms with Gasteiger partial charge in [-0.3, -0.25) is 4.79 Å². The zero-order chi connectivity index (χ0) is 21.8. The van der Waals surface area contributed by atoms with Crippen LogP contribution in [0.3, 0.4) is 0 Å². The van der Waals surface area contributed by atoms with Gasteiger partial charge in [-0.05, 0) is 37.1 Å². The van der Waals surface area contributed by atoms with Gasteiger partial charge in [-0.1, -0.05) is 49.7 Å². The Morgan fingerprint density at radius 1 is 1.13 bits per heavy atom. The first-order chi connectivity index (χ1) is 15.1. The number of aldehydes is 1. The van der Waals surface area contributed by atoms with Crippen LogP contribution in [0.25, 0.3) is 22.3 Å². The third-order valence-corrected chi connectivity index (χ3v) is 5.63. The van der Waals surface area contributed by atoms with E-state index in [-0.39, 0.29) is 5.54 Å². The quantitative estimate of drug-likeness (QED) is 0.368. The van der Waals surface area contributed by atoms with Gasteiger partial charge in [0.15, 0.2) is 0 Å². The van der Waals surface area contributed by atoms with Gasteiger partial charge in [-0.15, -0.1) is 0 Å². The molecule has 4 aromatic rings. The Hall–Kier alpha value is -3.67. The summed E-state index contributed by atoms with van der Waals surface area (Å²) in [5.74, 6) is 1.40. The Morgan fingerprint density at radius 3 is 2.65 bits per heavy atom. The lowest BCUT2D eigenvalue weighted by Crippen LogP contribution is -2.32. The average Bonchev–Trinajstić information content (AvgIpc) is 3.24. The molecule has 158 valence electrons. The van der Waals surface area contributed by atoms with Crippen LogP contribution in [-0.4, -0.2) is 28.3 Å². The maximum atomic E-state index is 11.1. The van der Waals surface area contributed by atoms with Crippen LogP contribution in [0.1, 0.15) is 42.6 Å². The molecular formula is C25H26N4O2. The zero-order valence-electron chi connectivity index (χ0n) is 18.0. The number of aromatic nitrogens is 3. The predicted molar refractivity (Wildman–Crippen MR) is 124 cm³/mol. The molecule has 0 aliphatic rings. The lowest BCUT2D eigenvalue weighted by molar-refractivity contribution is 0.112. The van der Waals surface area contributed by atoms with Crippen LogP contribution in [0.2, 0.25) is 0 Å². The highest BCUT2D eigenvalue weighted by molar-refractivity contribution is 5.93. The molecule has 0 bridgehead atoms. The average molecular weight is 415 g/mol. The van der Waals surface area contributed by atoms with Crippen molar-refractivity contribution >= 4 is 23.1 Å².